The molecule has 0 radical (unpaired) electrons. The highest BCUT2D eigenvalue weighted by Gasteiger charge is 2.26. The van der Waals surface area contributed by atoms with E-state index < -0.39 is 0 Å². The zero-order valence-corrected chi connectivity index (χ0v) is 12.4. The Morgan fingerprint density at radius 2 is 1.65 bits per heavy atom. The van der Waals surface area contributed by atoms with E-state index in [1.54, 1.807) is 0 Å². The van der Waals surface area contributed by atoms with Crippen LogP contribution >= 0.6 is 0 Å². The number of ether oxygens (including phenoxy) is 1. The molecule has 0 heterocycles. The van der Waals surface area contributed by atoms with Crippen molar-refractivity contribution in [1.82, 2.24) is 0 Å². The molecule has 0 rings (SSSR count). The van der Waals surface area contributed by atoms with Gasteiger partial charge in [0, 0.05) is 6.61 Å². The topological polar surface area (TPSA) is 35.2 Å². The van der Waals surface area contributed by atoms with Crippen LogP contribution in [-0.4, -0.2) is 18.8 Å². The lowest BCUT2D eigenvalue weighted by Crippen LogP contribution is -2.32. The van der Waals surface area contributed by atoms with Crippen LogP contribution in [0.3, 0.4) is 0 Å². The fraction of sp³-hybridized carbons (Fsp3) is 1.00. The molecule has 2 N–H and O–H groups in total. The Morgan fingerprint density at radius 3 is 2.06 bits per heavy atom. The summed E-state index contributed by atoms with van der Waals surface area (Å²) in [6.07, 6.45) is 8.14. The van der Waals surface area contributed by atoms with E-state index in [4.69, 9.17) is 10.5 Å². The maximum atomic E-state index is 6.21. The second kappa shape index (κ2) is 9.90. The van der Waals surface area contributed by atoms with Crippen molar-refractivity contribution in [2.45, 2.75) is 78.2 Å². The minimum atomic E-state index is 0.0887. The van der Waals surface area contributed by atoms with Crippen LogP contribution in [0, 0.1) is 5.92 Å². The highest BCUT2D eigenvalue weighted by atomic mass is 16.5. The molecule has 0 aliphatic carbocycles. The smallest absolute Gasteiger partial charge is 0.0677 e. The average Bonchev–Trinajstić information content (AvgIpc) is 2.39. The van der Waals surface area contributed by atoms with E-state index in [1.807, 2.05) is 0 Å². The van der Waals surface area contributed by atoms with Gasteiger partial charge in [0.1, 0.15) is 0 Å². The van der Waals surface area contributed by atoms with Crippen molar-refractivity contribution in [3.05, 3.63) is 0 Å². The number of rotatable bonds is 11. The van der Waals surface area contributed by atoms with Gasteiger partial charge in [-0.2, -0.15) is 0 Å². The Morgan fingerprint density at radius 1 is 1.06 bits per heavy atom. The highest BCUT2D eigenvalue weighted by molar-refractivity contribution is 4.78. The van der Waals surface area contributed by atoms with Crippen molar-refractivity contribution in [2.75, 3.05) is 13.2 Å². The molecule has 0 aromatic rings. The van der Waals surface area contributed by atoms with Crippen LogP contribution in [0.1, 0.15) is 72.6 Å². The standard InChI is InChI=1S/C15H33NO/c1-5-14(6-2)10-13-17-15(7-3,8-4)11-9-12-16/h14H,5-13,16H2,1-4H3. The lowest BCUT2D eigenvalue weighted by molar-refractivity contribution is -0.0627. The molecule has 0 saturated carbocycles. The first-order valence-electron chi connectivity index (χ1n) is 7.51. The largest absolute Gasteiger partial charge is 0.375 e. The maximum absolute atomic E-state index is 6.21. The number of hydrogen-bond donors (Lipinski definition) is 1. The molecule has 0 aromatic carbocycles. The van der Waals surface area contributed by atoms with E-state index in [0.717, 1.165) is 44.8 Å². The molecule has 0 bridgehead atoms. The van der Waals surface area contributed by atoms with Crippen molar-refractivity contribution < 1.29 is 4.74 Å². The molecule has 0 aliphatic heterocycles. The van der Waals surface area contributed by atoms with E-state index >= 15 is 0 Å². The summed E-state index contributed by atoms with van der Waals surface area (Å²) < 4.78 is 6.21. The Bertz CT molecular complexity index is 162. The van der Waals surface area contributed by atoms with Gasteiger partial charge < -0.3 is 10.5 Å². The molecule has 0 unspecified atom stereocenters. The van der Waals surface area contributed by atoms with Gasteiger partial charge in [-0.25, -0.2) is 0 Å². The summed E-state index contributed by atoms with van der Waals surface area (Å²) in [4.78, 5) is 0. The molecule has 0 amide bonds. The number of hydrogen-bond acceptors (Lipinski definition) is 2. The van der Waals surface area contributed by atoms with Gasteiger partial charge >= 0.3 is 0 Å². The molecule has 0 spiro atoms. The average molecular weight is 243 g/mol. The zero-order valence-electron chi connectivity index (χ0n) is 12.4. The Kier molecular flexibility index (Phi) is 9.85. The van der Waals surface area contributed by atoms with Gasteiger partial charge in [-0.1, -0.05) is 40.5 Å². The molecular weight excluding hydrogens is 210 g/mol. The van der Waals surface area contributed by atoms with Crippen LogP contribution in [-0.2, 0) is 4.74 Å². The summed E-state index contributed by atoms with van der Waals surface area (Å²) in [6, 6.07) is 0. The second-order valence-electron chi connectivity index (χ2n) is 5.10. The van der Waals surface area contributed by atoms with Gasteiger partial charge in [-0.3, -0.25) is 0 Å². The molecule has 104 valence electrons. The number of nitrogens with two attached hydrogens (primary N) is 1. The highest BCUT2D eigenvalue weighted by Crippen LogP contribution is 2.27. The van der Waals surface area contributed by atoms with E-state index in [2.05, 4.69) is 27.7 Å². The van der Waals surface area contributed by atoms with Gasteiger partial charge in [-0.05, 0) is 44.6 Å². The summed E-state index contributed by atoms with van der Waals surface area (Å²) in [7, 11) is 0. The molecule has 0 aromatic heterocycles. The van der Waals surface area contributed by atoms with Crippen molar-refractivity contribution in [2.24, 2.45) is 11.7 Å². The quantitative estimate of drug-likeness (QED) is 0.592. The van der Waals surface area contributed by atoms with E-state index in [1.165, 1.54) is 19.3 Å². The summed E-state index contributed by atoms with van der Waals surface area (Å²) in [6.45, 7) is 10.7. The zero-order chi connectivity index (χ0) is 13.1. The Hall–Kier alpha value is -0.0800. The summed E-state index contributed by atoms with van der Waals surface area (Å²) in [5.41, 5.74) is 5.70. The summed E-state index contributed by atoms with van der Waals surface area (Å²) in [5.74, 6) is 0.830. The van der Waals surface area contributed by atoms with Gasteiger partial charge in [0.25, 0.3) is 0 Å². The Balaban J connectivity index is 4.06. The molecule has 2 heteroatoms. The van der Waals surface area contributed by atoms with Gasteiger partial charge in [0.15, 0.2) is 0 Å². The molecule has 0 fully saturated rings. The van der Waals surface area contributed by atoms with Crippen molar-refractivity contribution in [3.63, 3.8) is 0 Å². The van der Waals surface area contributed by atoms with Crippen LogP contribution in [0.2, 0.25) is 0 Å². The van der Waals surface area contributed by atoms with Gasteiger partial charge in [0.2, 0.25) is 0 Å². The Labute approximate surface area is 108 Å². The molecule has 0 saturated heterocycles. The van der Waals surface area contributed by atoms with Gasteiger partial charge in [-0.15, -0.1) is 0 Å². The van der Waals surface area contributed by atoms with Crippen LogP contribution in [0.15, 0.2) is 0 Å². The monoisotopic (exact) mass is 243 g/mol. The first-order valence-corrected chi connectivity index (χ1v) is 7.51. The van der Waals surface area contributed by atoms with Crippen LogP contribution in [0.4, 0.5) is 0 Å². The van der Waals surface area contributed by atoms with Crippen LogP contribution in [0.25, 0.3) is 0 Å². The van der Waals surface area contributed by atoms with Crippen molar-refractivity contribution in [3.8, 4) is 0 Å². The third-order valence-corrected chi connectivity index (χ3v) is 4.21. The SMILES string of the molecule is CCC(CC)CCOC(CC)(CC)CCCN. The predicted molar refractivity (Wildman–Crippen MR) is 76.2 cm³/mol. The molecule has 17 heavy (non-hydrogen) atoms. The molecule has 0 aliphatic rings. The summed E-state index contributed by atoms with van der Waals surface area (Å²) in [5, 5.41) is 0. The van der Waals surface area contributed by atoms with E-state index in [0.29, 0.717) is 0 Å². The lowest BCUT2D eigenvalue weighted by atomic mass is 9.91. The molecular formula is C15H33NO. The van der Waals surface area contributed by atoms with E-state index in [9.17, 15) is 0 Å². The molecule has 0 atom stereocenters. The molecule has 2 nitrogen and oxygen atoms in total. The fourth-order valence-electron chi connectivity index (χ4n) is 2.44. The van der Waals surface area contributed by atoms with E-state index in [-0.39, 0.29) is 5.60 Å². The van der Waals surface area contributed by atoms with Crippen LogP contribution < -0.4 is 5.73 Å². The fourth-order valence-corrected chi connectivity index (χ4v) is 2.44. The normalized spacial score (nSPS) is 12.4. The van der Waals surface area contributed by atoms with Crippen molar-refractivity contribution in [1.29, 1.82) is 0 Å². The third-order valence-electron chi connectivity index (χ3n) is 4.21. The predicted octanol–water partition coefficient (Wildman–Crippen LogP) is 4.13. The first kappa shape index (κ1) is 16.9. The maximum Gasteiger partial charge on any atom is 0.0677 e. The third kappa shape index (κ3) is 6.42. The van der Waals surface area contributed by atoms with Crippen molar-refractivity contribution >= 4 is 0 Å². The van der Waals surface area contributed by atoms with Crippen LogP contribution in [0.5, 0.6) is 0 Å². The first-order chi connectivity index (χ1) is 8.17. The minimum Gasteiger partial charge on any atom is -0.375 e. The lowest BCUT2D eigenvalue weighted by Gasteiger charge is -2.32. The van der Waals surface area contributed by atoms with Gasteiger partial charge in [0.05, 0.1) is 5.60 Å². The minimum absolute atomic E-state index is 0.0887. The second-order valence-corrected chi connectivity index (χ2v) is 5.10. The summed E-state index contributed by atoms with van der Waals surface area (Å²) >= 11 is 0.